The third-order valence-electron chi connectivity index (χ3n) is 2.78. The van der Waals surface area contributed by atoms with E-state index in [1.165, 1.54) is 0 Å². The van der Waals surface area contributed by atoms with Gasteiger partial charge in [0.15, 0.2) is 5.82 Å². The lowest BCUT2D eigenvalue weighted by atomic mass is 10.3. The van der Waals surface area contributed by atoms with Gasteiger partial charge in [-0.2, -0.15) is 4.98 Å². The maximum atomic E-state index is 6.23. The van der Waals surface area contributed by atoms with E-state index < -0.39 is 0 Å². The molecule has 0 aliphatic heterocycles. The zero-order valence-corrected chi connectivity index (χ0v) is 11.6. The van der Waals surface area contributed by atoms with Crippen LogP contribution in [0.5, 0.6) is 0 Å². The second-order valence-electron chi connectivity index (χ2n) is 4.09. The van der Waals surface area contributed by atoms with E-state index in [1.807, 2.05) is 22.8 Å². The Bertz CT molecular complexity index is 734. The molecule has 0 aliphatic rings. The van der Waals surface area contributed by atoms with Crippen LogP contribution in [0, 0.1) is 6.92 Å². The second-order valence-corrected chi connectivity index (χ2v) is 4.77. The molecule has 2 heterocycles. The molecule has 2 aromatic heterocycles. The summed E-state index contributed by atoms with van der Waals surface area (Å²) in [5.41, 5.74) is 1.63. The van der Waals surface area contributed by atoms with Crippen LogP contribution < -0.4 is 0 Å². The van der Waals surface area contributed by atoms with E-state index in [1.54, 1.807) is 6.92 Å². The van der Waals surface area contributed by atoms with Crippen molar-refractivity contribution in [1.82, 2.24) is 19.7 Å². The van der Waals surface area contributed by atoms with Crippen LogP contribution in [-0.2, 0) is 12.4 Å². The number of aromatic nitrogens is 4. The molecule has 7 heteroatoms. The molecule has 98 valence electrons. The summed E-state index contributed by atoms with van der Waals surface area (Å²) in [6.07, 6.45) is 0. The predicted molar refractivity (Wildman–Crippen MR) is 72.4 cm³/mol. The molecule has 0 radical (unpaired) electrons. The third-order valence-corrected chi connectivity index (χ3v) is 3.32. The standard InChI is InChI=1S/C12H10Cl2N4O/c1-7-15-11(19-17-7)6-18-10(5-13)16-9-4-2-3-8(14)12(9)18/h2-4H,5-6H2,1H3. The lowest BCUT2D eigenvalue weighted by Gasteiger charge is -2.05. The summed E-state index contributed by atoms with van der Waals surface area (Å²) in [7, 11) is 0. The molecule has 0 saturated carbocycles. The van der Waals surface area contributed by atoms with Crippen molar-refractivity contribution in [3.05, 3.63) is 40.8 Å². The van der Waals surface area contributed by atoms with Crippen molar-refractivity contribution in [3.63, 3.8) is 0 Å². The first kappa shape index (κ1) is 12.4. The molecule has 0 saturated heterocycles. The highest BCUT2D eigenvalue weighted by Gasteiger charge is 2.15. The average molecular weight is 297 g/mol. The van der Waals surface area contributed by atoms with Crippen LogP contribution in [0.3, 0.4) is 0 Å². The summed E-state index contributed by atoms with van der Waals surface area (Å²) in [5, 5.41) is 4.39. The highest BCUT2D eigenvalue weighted by atomic mass is 35.5. The first-order valence-corrected chi connectivity index (χ1v) is 6.59. The van der Waals surface area contributed by atoms with Gasteiger partial charge in [-0.1, -0.05) is 22.8 Å². The average Bonchev–Trinajstić information content (AvgIpc) is 2.95. The van der Waals surface area contributed by atoms with Crippen molar-refractivity contribution in [2.24, 2.45) is 0 Å². The number of imidazole rings is 1. The third kappa shape index (κ3) is 2.19. The number of nitrogens with zero attached hydrogens (tertiary/aromatic N) is 4. The maximum absolute atomic E-state index is 6.23. The molecule has 0 aliphatic carbocycles. The molecule has 1 aromatic carbocycles. The molecule has 0 atom stereocenters. The van der Waals surface area contributed by atoms with Crippen LogP contribution in [-0.4, -0.2) is 19.7 Å². The molecule has 19 heavy (non-hydrogen) atoms. The predicted octanol–water partition coefficient (Wildman–Crippen LogP) is 3.17. The van der Waals surface area contributed by atoms with Gasteiger partial charge in [0, 0.05) is 0 Å². The minimum Gasteiger partial charge on any atom is -0.337 e. The molecular weight excluding hydrogens is 287 g/mol. The van der Waals surface area contributed by atoms with Crippen molar-refractivity contribution in [1.29, 1.82) is 0 Å². The molecule has 5 nitrogen and oxygen atoms in total. The molecule has 0 amide bonds. The van der Waals surface area contributed by atoms with Gasteiger partial charge >= 0.3 is 0 Å². The largest absolute Gasteiger partial charge is 0.337 e. The SMILES string of the molecule is Cc1noc(Cn2c(CCl)nc3cccc(Cl)c32)n1. The number of hydrogen-bond acceptors (Lipinski definition) is 4. The zero-order valence-electron chi connectivity index (χ0n) is 10.1. The Balaban J connectivity index is 2.15. The second kappa shape index (κ2) is 4.83. The number of fused-ring (bicyclic) bond motifs is 1. The van der Waals surface area contributed by atoms with E-state index >= 15 is 0 Å². The van der Waals surface area contributed by atoms with E-state index in [0.29, 0.717) is 23.3 Å². The van der Waals surface area contributed by atoms with Gasteiger partial charge < -0.3 is 9.09 Å². The summed E-state index contributed by atoms with van der Waals surface area (Å²) in [4.78, 5) is 8.64. The molecule has 0 unspecified atom stereocenters. The van der Waals surface area contributed by atoms with Gasteiger partial charge in [0.1, 0.15) is 12.4 Å². The quantitative estimate of drug-likeness (QED) is 0.697. The maximum Gasteiger partial charge on any atom is 0.246 e. The molecular formula is C12H10Cl2N4O. The summed E-state index contributed by atoms with van der Waals surface area (Å²) in [6, 6.07) is 5.57. The fourth-order valence-corrected chi connectivity index (χ4v) is 2.48. The molecule has 3 rings (SSSR count). The van der Waals surface area contributed by atoms with E-state index in [2.05, 4.69) is 15.1 Å². The van der Waals surface area contributed by atoms with Crippen molar-refractivity contribution in [3.8, 4) is 0 Å². The number of aryl methyl sites for hydroxylation is 1. The van der Waals surface area contributed by atoms with Gasteiger partial charge in [-0.15, -0.1) is 11.6 Å². The van der Waals surface area contributed by atoms with Crippen LogP contribution in [0.2, 0.25) is 5.02 Å². The number of para-hydroxylation sites is 1. The Morgan fingerprint density at radius 2 is 2.16 bits per heavy atom. The van der Waals surface area contributed by atoms with Crippen LogP contribution in [0.25, 0.3) is 11.0 Å². The number of hydrogen-bond donors (Lipinski definition) is 0. The lowest BCUT2D eigenvalue weighted by Crippen LogP contribution is -2.04. The first-order chi connectivity index (χ1) is 9.19. The minimum atomic E-state index is 0.290. The Labute approximate surface area is 119 Å². The fraction of sp³-hybridized carbons (Fsp3) is 0.250. The van der Waals surface area contributed by atoms with Crippen molar-refractivity contribution >= 4 is 34.2 Å². The normalized spacial score (nSPS) is 11.3. The Morgan fingerprint density at radius 1 is 1.32 bits per heavy atom. The molecule has 0 spiro atoms. The molecule has 0 bridgehead atoms. The number of benzene rings is 1. The highest BCUT2D eigenvalue weighted by molar-refractivity contribution is 6.35. The van der Waals surface area contributed by atoms with Gasteiger partial charge in [-0.25, -0.2) is 4.98 Å². The van der Waals surface area contributed by atoms with E-state index in [0.717, 1.165) is 16.9 Å². The van der Waals surface area contributed by atoms with Gasteiger partial charge in [0.05, 0.1) is 21.9 Å². The smallest absolute Gasteiger partial charge is 0.246 e. The van der Waals surface area contributed by atoms with Crippen molar-refractivity contribution in [2.75, 3.05) is 0 Å². The zero-order chi connectivity index (χ0) is 13.4. The highest BCUT2D eigenvalue weighted by Crippen LogP contribution is 2.26. The monoisotopic (exact) mass is 296 g/mol. The fourth-order valence-electron chi connectivity index (χ4n) is 2.00. The van der Waals surface area contributed by atoms with Crippen molar-refractivity contribution in [2.45, 2.75) is 19.3 Å². The summed E-state index contributed by atoms with van der Waals surface area (Å²) in [5.74, 6) is 2.11. The van der Waals surface area contributed by atoms with Crippen LogP contribution >= 0.6 is 23.2 Å². The van der Waals surface area contributed by atoms with Crippen LogP contribution in [0.15, 0.2) is 22.7 Å². The molecule has 0 N–H and O–H groups in total. The Hall–Kier alpha value is -1.59. The van der Waals surface area contributed by atoms with Gasteiger partial charge in [-0.05, 0) is 19.1 Å². The molecule has 0 fully saturated rings. The summed E-state index contributed by atoms with van der Waals surface area (Å²) in [6.45, 7) is 2.18. The number of halogens is 2. The van der Waals surface area contributed by atoms with Gasteiger partial charge in [-0.3, -0.25) is 0 Å². The summed E-state index contributed by atoms with van der Waals surface area (Å²) < 4.78 is 7.03. The van der Waals surface area contributed by atoms with E-state index in [9.17, 15) is 0 Å². The Morgan fingerprint density at radius 3 is 2.84 bits per heavy atom. The topological polar surface area (TPSA) is 56.7 Å². The first-order valence-electron chi connectivity index (χ1n) is 5.68. The summed E-state index contributed by atoms with van der Waals surface area (Å²) >= 11 is 12.2. The van der Waals surface area contributed by atoms with Gasteiger partial charge in [0.25, 0.3) is 0 Å². The Kier molecular flexibility index (Phi) is 3.16. The van der Waals surface area contributed by atoms with Gasteiger partial charge in [0.2, 0.25) is 5.89 Å². The molecule has 3 aromatic rings. The lowest BCUT2D eigenvalue weighted by molar-refractivity contribution is 0.368. The van der Waals surface area contributed by atoms with E-state index in [-0.39, 0.29) is 5.88 Å². The van der Waals surface area contributed by atoms with Crippen LogP contribution in [0.4, 0.5) is 0 Å². The van der Waals surface area contributed by atoms with Crippen molar-refractivity contribution < 1.29 is 4.52 Å². The number of alkyl halides is 1. The minimum absolute atomic E-state index is 0.290. The number of rotatable bonds is 3. The van der Waals surface area contributed by atoms with Crippen LogP contribution in [0.1, 0.15) is 17.5 Å². The van der Waals surface area contributed by atoms with E-state index in [4.69, 9.17) is 27.7 Å².